The van der Waals surface area contributed by atoms with Crippen LogP contribution in [-0.2, 0) is 22.6 Å². The van der Waals surface area contributed by atoms with Gasteiger partial charge >= 0.3 is 5.82 Å². The van der Waals surface area contributed by atoms with Gasteiger partial charge in [-0.05, 0) is 15.5 Å². The highest BCUT2D eigenvalue weighted by Gasteiger charge is 2.31. The molecule has 0 saturated heterocycles. The van der Waals surface area contributed by atoms with Crippen LogP contribution in [0.2, 0.25) is 0 Å². The third-order valence-electron chi connectivity index (χ3n) is 2.53. The molecule has 8 heteroatoms. The van der Waals surface area contributed by atoms with Gasteiger partial charge in [0.2, 0.25) is 21.2 Å². The second-order valence-electron chi connectivity index (χ2n) is 3.99. The first-order valence-corrected chi connectivity index (χ1v) is 6.99. The molecule has 0 spiro atoms. The Balaban J connectivity index is 2.46. The Hall–Kier alpha value is -2.22. The predicted octanol–water partition coefficient (Wildman–Crippen LogP) is 1.30. The zero-order chi connectivity index (χ0) is 14.0. The van der Waals surface area contributed by atoms with Gasteiger partial charge in [-0.2, -0.15) is 0 Å². The molecule has 0 amide bonds. The van der Waals surface area contributed by atoms with Gasteiger partial charge in [-0.25, -0.2) is 8.42 Å². The number of sulfone groups is 1. The molecule has 0 atom stereocenters. The van der Waals surface area contributed by atoms with Gasteiger partial charge in [-0.1, -0.05) is 30.3 Å². The maximum absolute atomic E-state index is 12.2. The lowest BCUT2D eigenvalue weighted by molar-refractivity contribution is -0.392. The van der Waals surface area contributed by atoms with Crippen molar-refractivity contribution in [1.29, 1.82) is 0 Å². The minimum Gasteiger partial charge on any atom is -0.358 e. The van der Waals surface area contributed by atoms with E-state index in [-0.39, 0.29) is 10.8 Å². The van der Waals surface area contributed by atoms with Gasteiger partial charge in [0.1, 0.15) is 0 Å². The standard InChI is InChI=1S/C11H11N3O4S/c1-13-8-12-10(14(15)16)11(13)19(17,18)7-9-5-3-2-4-6-9/h2-6,8H,7H2,1H3. The maximum atomic E-state index is 12.2. The monoisotopic (exact) mass is 281 g/mol. The van der Waals surface area contributed by atoms with Crippen LogP contribution in [0.3, 0.4) is 0 Å². The normalized spacial score (nSPS) is 11.4. The first kappa shape index (κ1) is 13.2. The Labute approximate surface area is 109 Å². The Kier molecular flexibility index (Phi) is 3.34. The Morgan fingerprint density at radius 1 is 1.32 bits per heavy atom. The zero-order valence-electron chi connectivity index (χ0n) is 10.1. The van der Waals surface area contributed by atoms with E-state index in [9.17, 15) is 18.5 Å². The highest BCUT2D eigenvalue weighted by atomic mass is 32.2. The van der Waals surface area contributed by atoms with Gasteiger partial charge in [-0.15, -0.1) is 0 Å². The molecule has 0 bridgehead atoms. The van der Waals surface area contributed by atoms with Crippen LogP contribution < -0.4 is 0 Å². The Bertz CT molecular complexity index is 707. The van der Waals surface area contributed by atoms with Crippen LogP contribution in [0, 0.1) is 10.1 Å². The molecule has 1 heterocycles. The number of rotatable bonds is 4. The molecule has 0 N–H and O–H groups in total. The maximum Gasteiger partial charge on any atom is 0.401 e. The number of aryl methyl sites for hydroxylation is 1. The number of nitro groups is 1. The average Bonchev–Trinajstić information content (AvgIpc) is 2.73. The summed E-state index contributed by atoms with van der Waals surface area (Å²) < 4.78 is 25.6. The van der Waals surface area contributed by atoms with Crippen LogP contribution >= 0.6 is 0 Å². The Morgan fingerprint density at radius 2 is 1.95 bits per heavy atom. The van der Waals surface area contributed by atoms with Crippen LogP contribution in [0.5, 0.6) is 0 Å². The minimum atomic E-state index is -3.82. The van der Waals surface area contributed by atoms with Crippen LogP contribution in [0.15, 0.2) is 41.7 Å². The van der Waals surface area contributed by atoms with Crippen LogP contribution in [0.4, 0.5) is 5.82 Å². The first-order chi connectivity index (χ1) is 8.92. The van der Waals surface area contributed by atoms with Gasteiger partial charge < -0.3 is 10.1 Å². The second-order valence-corrected chi connectivity index (χ2v) is 5.89. The van der Waals surface area contributed by atoms with Crippen molar-refractivity contribution in [2.75, 3.05) is 0 Å². The lowest BCUT2D eigenvalue weighted by atomic mass is 10.2. The molecule has 1 aromatic heterocycles. The van der Waals surface area contributed by atoms with E-state index >= 15 is 0 Å². The van der Waals surface area contributed by atoms with E-state index in [0.717, 1.165) is 10.9 Å². The van der Waals surface area contributed by atoms with Crippen molar-refractivity contribution in [2.24, 2.45) is 7.05 Å². The molecule has 1 aromatic carbocycles. The third kappa shape index (κ3) is 2.63. The molecule has 0 saturated carbocycles. The summed E-state index contributed by atoms with van der Waals surface area (Å²) in [5.41, 5.74) is 0.568. The average molecular weight is 281 g/mol. The molecule has 2 aromatic rings. The third-order valence-corrected chi connectivity index (χ3v) is 4.30. The van der Waals surface area contributed by atoms with E-state index in [0.29, 0.717) is 5.56 Å². The van der Waals surface area contributed by atoms with E-state index < -0.39 is 20.6 Å². The van der Waals surface area contributed by atoms with E-state index in [1.165, 1.54) is 7.05 Å². The van der Waals surface area contributed by atoms with Crippen molar-refractivity contribution in [3.05, 3.63) is 52.3 Å². The zero-order valence-corrected chi connectivity index (χ0v) is 10.9. The summed E-state index contributed by atoms with van der Waals surface area (Å²) in [6, 6.07) is 8.49. The van der Waals surface area contributed by atoms with Crippen LogP contribution in [0.25, 0.3) is 0 Å². The van der Waals surface area contributed by atoms with Gasteiger partial charge in [0.25, 0.3) is 0 Å². The van der Waals surface area contributed by atoms with E-state index in [4.69, 9.17) is 0 Å². The first-order valence-electron chi connectivity index (χ1n) is 5.34. The lowest BCUT2D eigenvalue weighted by Gasteiger charge is -2.04. The summed E-state index contributed by atoms with van der Waals surface area (Å²) in [5.74, 6) is -0.938. The van der Waals surface area contributed by atoms with Crippen LogP contribution in [0.1, 0.15) is 5.56 Å². The molecular formula is C11H11N3O4S. The number of hydrogen-bond donors (Lipinski definition) is 0. The molecule has 0 aliphatic heterocycles. The van der Waals surface area contributed by atoms with Crippen molar-refractivity contribution in [2.45, 2.75) is 10.8 Å². The van der Waals surface area contributed by atoms with Gasteiger partial charge in [-0.3, -0.25) is 4.57 Å². The molecule has 0 radical (unpaired) electrons. The van der Waals surface area contributed by atoms with Crippen molar-refractivity contribution in [3.8, 4) is 0 Å². The van der Waals surface area contributed by atoms with Gasteiger partial charge in [0.15, 0.2) is 0 Å². The fourth-order valence-electron chi connectivity index (χ4n) is 1.75. The summed E-state index contributed by atoms with van der Waals surface area (Å²) in [6.07, 6.45) is 1.12. The van der Waals surface area contributed by atoms with Gasteiger partial charge in [0.05, 0.1) is 5.75 Å². The van der Waals surface area contributed by atoms with Crippen molar-refractivity contribution in [3.63, 3.8) is 0 Å². The molecule has 0 unspecified atom stereocenters. The van der Waals surface area contributed by atoms with Crippen molar-refractivity contribution in [1.82, 2.24) is 9.55 Å². The molecule has 0 aliphatic rings. The van der Waals surface area contributed by atoms with E-state index in [1.807, 2.05) is 0 Å². The van der Waals surface area contributed by atoms with E-state index in [2.05, 4.69) is 4.98 Å². The lowest BCUT2D eigenvalue weighted by Crippen LogP contribution is -2.11. The summed E-state index contributed by atoms with van der Waals surface area (Å²) in [6.45, 7) is 0. The molecule has 2 rings (SSSR count). The molecule has 0 fully saturated rings. The fraction of sp³-hybridized carbons (Fsp3) is 0.182. The summed E-state index contributed by atoms with van der Waals surface area (Å²) in [5, 5.41) is 10.4. The quantitative estimate of drug-likeness (QED) is 0.621. The number of nitrogens with zero attached hydrogens (tertiary/aromatic N) is 3. The molecule has 0 aliphatic carbocycles. The SMILES string of the molecule is Cn1cnc([N+](=O)[O-])c1S(=O)(=O)Cc1ccccc1. The molecular weight excluding hydrogens is 270 g/mol. The highest BCUT2D eigenvalue weighted by Crippen LogP contribution is 2.24. The van der Waals surface area contributed by atoms with Gasteiger partial charge in [0, 0.05) is 7.05 Å². The van der Waals surface area contributed by atoms with Crippen LogP contribution in [-0.4, -0.2) is 22.9 Å². The number of aromatic nitrogens is 2. The number of benzene rings is 1. The topological polar surface area (TPSA) is 95.1 Å². The smallest absolute Gasteiger partial charge is 0.358 e. The highest BCUT2D eigenvalue weighted by molar-refractivity contribution is 7.90. The number of imidazole rings is 1. The molecule has 7 nitrogen and oxygen atoms in total. The Morgan fingerprint density at radius 3 is 2.53 bits per heavy atom. The molecule has 100 valence electrons. The van der Waals surface area contributed by atoms with Crippen molar-refractivity contribution >= 4 is 15.7 Å². The predicted molar refractivity (Wildman–Crippen MR) is 67.2 cm³/mol. The van der Waals surface area contributed by atoms with E-state index in [1.54, 1.807) is 30.3 Å². The summed E-state index contributed by atoms with van der Waals surface area (Å²) >= 11 is 0. The summed E-state index contributed by atoms with van der Waals surface area (Å²) in [7, 11) is -2.40. The molecule has 19 heavy (non-hydrogen) atoms. The second kappa shape index (κ2) is 4.81. The largest absolute Gasteiger partial charge is 0.401 e. The number of hydrogen-bond acceptors (Lipinski definition) is 5. The summed E-state index contributed by atoms with van der Waals surface area (Å²) in [4.78, 5) is 13.5. The minimum absolute atomic E-state index is 0.297. The van der Waals surface area contributed by atoms with Crippen molar-refractivity contribution < 1.29 is 13.3 Å². The fourth-order valence-corrected chi connectivity index (χ4v) is 3.41.